The lowest BCUT2D eigenvalue weighted by Gasteiger charge is -2.37. The molecule has 1 N–H and O–H groups in total. The number of thiocarbonyl (C=S) groups is 1. The number of pyridine rings is 1. The number of fused-ring (bicyclic) bond motifs is 1. The van der Waals surface area contributed by atoms with E-state index in [1.54, 1.807) is 11.3 Å². The number of thiazole rings is 1. The molecule has 3 aromatic heterocycles. The predicted octanol–water partition coefficient (Wildman–Crippen LogP) is 7.79. The Kier molecular flexibility index (Phi) is 6.93. The summed E-state index contributed by atoms with van der Waals surface area (Å²) in [5.74, 6) is 1.28. The van der Waals surface area contributed by atoms with Gasteiger partial charge < -0.3 is 15.1 Å². The summed E-state index contributed by atoms with van der Waals surface area (Å²) in [6.07, 6.45) is 5.17. The van der Waals surface area contributed by atoms with Crippen LogP contribution in [0.5, 0.6) is 0 Å². The van der Waals surface area contributed by atoms with Crippen LogP contribution in [0.15, 0.2) is 85.2 Å². The summed E-state index contributed by atoms with van der Waals surface area (Å²) >= 11 is 14.7. The molecule has 0 bridgehead atoms. The number of aromatic nitrogens is 3. The average molecular weight is 599 g/mol. The monoisotopic (exact) mass is 598 g/mol. The fourth-order valence-corrected chi connectivity index (χ4v) is 8.08. The third-order valence-corrected chi connectivity index (χ3v) is 9.74. The average Bonchev–Trinajstić information content (AvgIpc) is 3.69. The summed E-state index contributed by atoms with van der Waals surface area (Å²) in [7, 11) is 0. The number of para-hydroxylation sites is 1. The van der Waals surface area contributed by atoms with Gasteiger partial charge in [0.1, 0.15) is 6.04 Å². The van der Waals surface area contributed by atoms with Crippen molar-refractivity contribution in [2.75, 3.05) is 22.9 Å². The van der Waals surface area contributed by atoms with Gasteiger partial charge in [0, 0.05) is 31.2 Å². The van der Waals surface area contributed by atoms with Crippen LogP contribution in [-0.4, -0.2) is 32.7 Å². The van der Waals surface area contributed by atoms with E-state index in [9.17, 15) is 0 Å². The van der Waals surface area contributed by atoms with Crippen molar-refractivity contribution in [2.24, 2.45) is 11.8 Å². The Hall–Kier alpha value is -3.46. The number of halogens is 1. The van der Waals surface area contributed by atoms with E-state index >= 15 is 0 Å². The highest BCUT2D eigenvalue weighted by Crippen LogP contribution is 2.44. The molecule has 0 radical (unpaired) electrons. The zero-order chi connectivity index (χ0) is 28.1. The van der Waals surface area contributed by atoms with Crippen molar-refractivity contribution in [1.82, 2.24) is 19.9 Å². The molecule has 6 nitrogen and oxygen atoms in total. The lowest BCUT2D eigenvalue weighted by atomic mass is 9.91. The van der Waals surface area contributed by atoms with E-state index in [1.165, 1.54) is 6.42 Å². The Balaban J connectivity index is 1.31. The maximum absolute atomic E-state index is 7.02. The van der Waals surface area contributed by atoms with Crippen molar-refractivity contribution >= 4 is 61.9 Å². The first kappa shape index (κ1) is 26.4. The number of nitrogens with one attached hydrogen (secondary N) is 1. The van der Waals surface area contributed by atoms with Crippen molar-refractivity contribution in [3.05, 3.63) is 102 Å². The summed E-state index contributed by atoms with van der Waals surface area (Å²) in [6, 6.07) is 24.5. The second kappa shape index (κ2) is 10.7. The van der Waals surface area contributed by atoms with E-state index in [0.717, 1.165) is 56.2 Å². The molecule has 2 aliphatic heterocycles. The topological polar surface area (TPSA) is 49.2 Å². The zero-order valence-corrected chi connectivity index (χ0v) is 25.3. The maximum atomic E-state index is 7.02. The third-order valence-electron chi connectivity index (χ3n) is 8.09. The van der Waals surface area contributed by atoms with E-state index in [-0.39, 0.29) is 12.1 Å². The molecule has 9 heteroatoms. The van der Waals surface area contributed by atoms with Gasteiger partial charge >= 0.3 is 0 Å². The molecule has 4 atom stereocenters. The minimum atomic E-state index is -0.170. The largest absolute Gasteiger partial charge is 0.370 e. The van der Waals surface area contributed by atoms with Crippen LogP contribution in [0.4, 0.5) is 11.4 Å². The lowest BCUT2D eigenvalue weighted by molar-refractivity contribution is 0.357. The van der Waals surface area contributed by atoms with Gasteiger partial charge in [0.2, 0.25) is 0 Å². The fourth-order valence-electron chi connectivity index (χ4n) is 6.47. The molecule has 4 unspecified atom stereocenters. The smallest absolute Gasteiger partial charge is 0.194 e. The predicted molar refractivity (Wildman–Crippen MR) is 173 cm³/mol. The highest BCUT2D eigenvalue weighted by molar-refractivity contribution is 7.80. The van der Waals surface area contributed by atoms with Gasteiger partial charge in [0.15, 0.2) is 10.2 Å². The fraction of sp³-hybridized carbons (Fsp3) is 0.281. The summed E-state index contributed by atoms with van der Waals surface area (Å²) < 4.78 is 3.34. The van der Waals surface area contributed by atoms with Crippen LogP contribution in [-0.2, 0) is 0 Å². The van der Waals surface area contributed by atoms with Crippen LogP contribution in [0.25, 0.3) is 15.3 Å². The number of hydrogen-bond acceptors (Lipinski definition) is 5. The summed E-state index contributed by atoms with van der Waals surface area (Å²) in [5.41, 5.74) is 5.04. The number of benzene rings is 2. The van der Waals surface area contributed by atoms with Gasteiger partial charge in [-0.15, -0.1) is 0 Å². The van der Waals surface area contributed by atoms with Gasteiger partial charge in [-0.05, 0) is 85.1 Å². The van der Waals surface area contributed by atoms with Crippen LogP contribution < -0.4 is 15.1 Å². The molecule has 41 heavy (non-hydrogen) atoms. The molecular weight excluding hydrogens is 568 g/mol. The summed E-state index contributed by atoms with van der Waals surface area (Å²) in [5, 5.41) is 5.89. The van der Waals surface area contributed by atoms with Crippen LogP contribution in [0.2, 0.25) is 5.02 Å². The molecule has 2 fully saturated rings. The maximum Gasteiger partial charge on any atom is 0.194 e. The van der Waals surface area contributed by atoms with Crippen molar-refractivity contribution in [2.45, 2.75) is 32.4 Å². The molecule has 0 amide bonds. The van der Waals surface area contributed by atoms with Gasteiger partial charge in [-0.2, -0.15) is 0 Å². The Morgan fingerprint density at radius 3 is 2.54 bits per heavy atom. The highest BCUT2D eigenvalue weighted by Gasteiger charge is 2.42. The SMILES string of the molecule is CC1CC(C)CN(c2ccc(N3C(=S)NC(c4ccccn4)C3c3cccn3-c3nc4ccccc4s3)cc2Cl)C1. The Bertz CT molecular complexity index is 1670. The molecular formula is C32H31ClN6S2. The van der Waals surface area contributed by atoms with Gasteiger partial charge in [-0.3, -0.25) is 9.55 Å². The van der Waals surface area contributed by atoms with Crippen molar-refractivity contribution < 1.29 is 0 Å². The van der Waals surface area contributed by atoms with E-state index in [0.29, 0.717) is 16.9 Å². The molecule has 5 heterocycles. The number of piperidine rings is 1. The second-order valence-electron chi connectivity index (χ2n) is 11.3. The highest BCUT2D eigenvalue weighted by atomic mass is 35.5. The van der Waals surface area contributed by atoms with Crippen LogP contribution >= 0.6 is 35.2 Å². The molecule has 0 spiro atoms. The van der Waals surface area contributed by atoms with E-state index in [2.05, 4.69) is 94.3 Å². The standard InChI is InChI=1S/C32H31ClN6S2/c1-20-16-21(2)19-37(18-20)26-13-12-22(17-23(26)33)39-30(29(36-31(39)40)25-9-5-6-14-34-25)27-10-7-15-38(27)32-35-24-8-3-4-11-28(24)41-32/h3-15,17,20-21,29-30H,16,18-19H2,1-2H3,(H,36,40). The Morgan fingerprint density at radius 1 is 0.976 bits per heavy atom. The Labute approximate surface area is 254 Å². The minimum Gasteiger partial charge on any atom is -0.370 e. The zero-order valence-electron chi connectivity index (χ0n) is 22.9. The van der Waals surface area contributed by atoms with Crippen molar-refractivity contribution in [1.29, 1.82) is 0 Å². The normalized spacial score (nSPS) is 22.9. The van der Waals surface area contributed by atoms with Gasteiger partial charge in [0.25, 0.3) is 0 Å². The quantitative estimate of drug-likeness (QED) is 0.208. The van der Waals surface area contributed by atoms with Gasteiger partial charge in [-0.1, -0.05) is 55.0 Å². The Morgan fingerprint density at radius 2 is 1.78 bits per heavy atom. The number of hydrogen-bond donors (Lipinski definition) is 1. The van der Waals surface area contributed by atoms with Crippen LogP contribution in [0.1, 0.15) is 43.7 Å². The minimum absolute atomic E-state index is 0.158. The van der Waals surface area contributed by atoms with Crippen LogP contribution in [0.3, 0.4) is 0 Å². The number of rotatable bonds is 5. The first-order valence-electron chi connectivity index (χ1n) is 14.0. The third kappa shape index (κ3) is 4.88. The lowest BCUT2D eigenvalue weighted by Crippen LogP contribution is -2.38. The molecule has 2 aromatic carbocycles. The first-order valence-corrected chi connectivity index (χ1v) is 15.6. The van der Waals surface area contributed by atoms with Crippen molar-refractivity contribution in [3.63, 3.8) is 0 Å². The van der Waals surface area contributed by atoms with Gasteiger partial charge in [0.05, 0.1) is 38.4 Å². The van der Waals surface area contributed by atoms with Crippen molar-refractivity contribution in [3.8, 4) is 5.13 Å². The summed E-state index contributed by atoms with van der Waals surface area (Å²) in [4.78, 5) is 14.3. The number of nitrogens with zero attached hydrogens (tertiary/aromatic N) is 5. The van der Waals surface area contributed by atoms with Crippen LogP contribution in [0, 0.1) is 11.8 Å². The number of anilines is 2. The molecule has 5 aromatic rings. The molecule has 7 rings (SSSR count). The first-order chi connectivity index (χ1) is 20.0. The molecule has 0 aliphatic carbocycles. The van der Waals surface area contributed by atoms with Gasteiger partial charge in [-0.25, -0.2) is 4.98 Å². The van der Waals surface area contributed by atoms with E-state index in [4.69, 9.17) is 33.8 Å². The van der Waals surface area contributed by atoms with E-state index in [1.807, 2.05) is 24.4 Å². The molecule has 2 saturated heterocycles. The second-order valence-corrected chi connectivity index (χ2v) is 13.1. The molecule has 208 valence electrons. The molecule has 2 aliphatic rings. The van der Waals surface area contributed by atoms with E-state index < -0.39 is 0 Å². The molecule has 0 saturated carbocycles. The summed E-state index contributed by atoms with van der Waals surface area (Å²) in [6.45, 7) is 6.69.